The highest BCUT2D eigenvalue weighted by atomic mass is 32.2. The summed E-state index contributed by atoms with van der Waals surface area (Å²) in [5.41, 5.74) is 1.69. The summed E-state index contributed by atoms with van der Waals surface area (Å²) in [6, 6.07) is 7.06. The molecule has 1 atom stereocenters. The van der Waals surface area contributed by atoms with Crippen molar-refractivity contribution in [3.05, 3.63) is 42.2 Å². The minimum atomic E-state index is -0.509. The first kappa shape index (κ1) is 18.3. The van der Waals surface area contributed by atoms with Crippen LogP contribution in [0.1, 0.15) is 19.4 Å². The Kier molecular flexibility index (Phi) is 5.22. The average molecular weight is 374 g/mol. The number of nitrogens with one attached hydrogen (secondary N) is 2. The Morgan fingerprint density at radius 1 is 1.46 bits per heavy atom. The third-order valence-corrected chi connectivity index (χ3v) is 5.62. The fourth-order valence-corrected chi connectivity index (χ4v) is 3.59. The van der Waals surface area contributed by atoms with Gasteiger partial charge < -0.3 is 15.4 Å². The third-order valence-electron chi connectivity index (χ3n) is 4.21. The van der Waals surface area contributed by atoms with Crippen molar-refractivity contribution >= 4 is 23.6 Å². The van der Waals surface area contributed by atoms with Gasteiger partial charge >= 0.3 is 0 Å². The van der Waals surface area contributed by atoms with Crippen LogP contribution in [0.3, 0.4) is 0 Å². The molecule has 1 aliphatic heterocycles. The number of aromatic nitrogens is 2. The molecule has 138 valence electrons. The average Bonchev–Trinajstić information content (AvgIpc) is 3.10. The number of hydrogen-bond acceptors (Lipinski definition) is 5. The summed E-state index contributed by atoms with van der Waals surface area (Å²) in [5, 5.41) is 9.97. The first-order valence-electron chi connectivity index (χ1n) is 8.30. The van der Waals surface area contributed by atoms with Gasteiger partial charge in [0.2, 0.25) is 11.8 Å². The summed E-state index contributed by atoms with van der Waals surface area (Å²) in [6.07, 6.45) is 3.54. The van der Waals surface area contributed by atoms with E-state index in [1.807, 2.05) is 44.3 Å². The van der Waals surface area contributed by atoms with E-state index in [0.29, 0.717) is 12.3 Å². The van der Waals surface area contributed by atoms with Gasteiger partial charge in [-0.3, -0.25) is 9.59 Å². The number of carbonyl (C=O) groups is 2. The van der Waals surface area contributed by atoms with Gasteiger partial charge in [-0.2, -0.15) is 5.10 Å². The summed E-state index contributed by atoms with van der Waals surface area (Å²) in [4.78, 5) is 24.3. The van der Waals surface area contributed by atoms with E-state index in [1.54, 1.807) is 18.0 Å². The van der Waals surface area contributed by atoms with E-state index in [-0.39, 0.29) is 11.8 Å². The number of amides is 2. The topological polar surface area (TPSA) is 85.2 Å². The molecule has 0 aliphatic carbocycles. The molecule has 0 saturated carbocycles. The van der Waals surface area contributed by atoms with E-state index >= 15 is 0 Å². The Bertz CT molecular complexity index is 818. The molecule has 2 heterocycles. The van der Waals surface area contributed by atoms with Crippen LogP contribution >= 0.6 is 11.8 Å². The number of nitrogens with zero attached hydrogens (tertiary/aromatic N) is 2. The summed E-state index contributed by atoms with van der Waals surface area (Å²) in [5.74, 6) is 0.977. The zero-order valence-corrected chi connectivity index (χ0v) is 15.8. The van der Waals surface area contributed by atoms with Crippen molar-refractivity contribution in [2.24, 2.45) is 0 Å². The maximum absolute atomic E-state index is 12.3. The highest BCUT2D eigenvalue weighted by Gasteiger charge is 2.37. The van der Waals surface area contributed by atoms with Crippen LogP contribution in [-0.4, -0.2) is 45.2 Å². The van der Waals surface area contributed by atoms with E-state index in [9.17, 15) is 9.59 Å². The molecule has 1 aromatic carbocycles. The summed E-state index contributed by atoms with van der Waals surface area (Å²) >= 11 is 1.49. The number of para-hydroxylation sites is 2. The molecule has 8 heteroatoms. The molecule has 2 N–H and O–H groups in total. The van der Waals surface area contributed by atoms with Crippen molar-refractivity contribution in [2.45, 2.75) is 31.2 Å². The van der Waals surface area contributed by atoms with E-state index < -0.39 is 10.8 Å². The lowest BCUT2D eigenvalue weighted by Crippen LogP contribution is -2.56. The van der Waals surface area contributed by atoms with Crippen molar-refractivity contribution in [1.82, 2.24) is 20.4 Å². The smallest absolute Gasteiger partial charge is 0.243 e. The van der Waals surface area contributed by atoms with Crippen molar-refractivity contribution in [1.29, 1.82) is 0 Å². The van der Waals surface area contributed by atoms with Gasteiger partial charge in [0.15, 0.2) is 0 Å². The molecular weight excluding hydrogens is 352 g/mol. The highest BCUT2D eigenvalue weighted by molar-refractivity contribution is 8.01. The quantitative estimate of drug-likeness (QED) is 0.829. The largest absolute Gasteiger partial charge is 0.494 e. The van der Waals surface area contributed by atoms with Gasteiger partial charge in [-0.25, -0.2) is 4.68 Å². The summed E-state index contributed by atoms with van der Waals surface area (Å²) < 4.78 is 6.56. The van der Waals surface area contributed by atoms with E-state index in [2.05, 4.69) is 15.7 Å². The second kappa shape index (κ2) is 7.41. The first-order chi connectivity index (χ1) is 12.4. The molecular formula is C18H22N4O3S. The predicted octanol–water partition coefficient (Wildman–Crippen LogP) is 1.51. The van der Waals surface area contributed by atoms with Gasteiger partial charge in [0, 0.05) is 24.1 Å². The zero-order valence-electron chi connectivity index (χ0n) is 15.0. The van der Waals surface area contributed by atoms with Crippen LogP contribution in [0.25, 0.3) is 5.69 Å². The molecule has 0 radical (unpaired) electrons. The predicted molar refractivity (Wildman–Crippen MR) is 100 cm³/mol. The van der Waals surface area contributed by atoms with Crippen molar-refractivity contribution in [3.8, 4) is 11.4 Å². The van der Waals surface area contributed by atoms with Crippen LogP contribution < -0.4 is 15.4 Å². The van der Waals surface area contributed by atoms with Crippen LogP contribution in [0.2, 0.25) is 0 Å². The van der Waals surface area contributed by atoms with Gasteiger partial charge in [0.05, 0.1) is 18.1 Å². The van der Waals surface area contributed by atoms with Crippen molar-refractivity contribution < 1.29 is 14.3 Å². The Morgan fingerprint density at radius 2 is 2.23 bits per heavy atom. The molecule has 7 nitrogen and oxygen atoms in total. The monoisotopic (exact) mass is 374 g/mol. The minimum absolute atomic E-state index is 0.113. The standard InChI is InChI=1S/C18H22N4O3S/c1-18(2)17(24)21-13(11-26-18)16(23)19-8-12-9-20-22(10-12)14-6-4-5-7-15(14)25-3/h4-7,9-10,13H,8,11H2,1-3H3,(H,19,23)(H,21,24). The Labute approximate surface area is 156 Å². The molecule has 1 aliphatic rings. The molecule has 1 aromatic heterocycles. The van der Waals surface area contributed by atoms with Crippen LogP contribution in [0.4, 0.5) is 0 Å². The Hall–Kier alpha value is -2.48. The van der Waals surface area contributed by atoms with Crippen molar-refractivity contribution in [3.63, 3.8) is 0 Å². The molecule has 0 bridgehead atoms. The Morgan fingerprint density at radius 3 is 2.96 bits per heavy atom. The number of ether oxygens (including phenoxy) is 1. The molecule has 1 saturated heterocycles. The SMILES string of the molecule is COc1ccccc1-n1cc(CNC(=O)C2CSC(C)(C)C(=O)N2)cn1. The van der Waals surface area contributed by atoms with Gasteiger partial charge in [-0.05, 0) is 26.0 Å². The first-order valence-corrected chi connectivity index (χ1v) is 9.29. The maximum Gasteiger partial charge on any atom is 0.243 e. The van der Waals surface area contributed by atoms with Crippen LogP contribution in [0.15, 0.2) is 36.7 Å². The second-order valence-electron chi connectivity index (χ2n) is 6.53. The summed E-state index contributed by atoms with van der Waals surface area (Å²) in [7, 11) is 1.61. The number of thioether (sulfide) groups is 1. The van der Waals surface area contributed by atoms with Crippen LogP contribution in [0.5, 0.6) is 5.75 Å². The molecule has 3 rings (SSSR count). The third kappa shape index (κ3) is 3.85. The molecule has 1 unspecified atom stereocenters. The Balaban J connectivity index is 1.60. The van der Waals surface area contributed by atoms with Crippen LogP contribution in [0, 0.1) is 0 Å². The lowest BCUT2D eigenvalue weighted by atomic mass is 10.1. The van der Waals surface area contributed by atoms with Gasteiger partial charge in [0.25, 0.3) is 0 Å². The number of methoxy groups -OCH3 is 1. The van der Waals surface area contributed by atoms with Gasteiger partial charge in [0.1, 0.15) is 17.5 Å². The van der Waals surface area contributed by atoms with E-state index in [0.717, 1.165) is 17.0 Å². The lowest BCUT2D eigenvalue weighted by Gasteiger charge is -2.32. The molecule has 2 aromatic rings. The maximum atomic E-state index is 12.3. The minimum Gasteiger partial charge on any atom is -0.494 e. The van der Waals surface area contributed by atoms with Gasteiger partial charge in [-0.1, -0.05) is 12.1 Å². The summed E-state index contributed by atoms with van der Waals surface area (Å²) in [6.45, 7) is 4.05. The number of benzene rings is 1. The highest BCUT2D eigenvalue weighted by Crippen LogP contribution is 2.29. The number of carbonyl (C=O) groups excluding carboxylic acids is 2. The zero-order chi connectivity index (χ0) is 18.7. The number of hydrogen-bond donors (Lipinski definition) is 2. The molecule has 2 amide bonds. The van der Waals surface area contributed by atoms with Crippen molar-refractivity contribution in [2.75, 3.05) is 12.9 Å². The molecule has 26 heavy (non-hydrogen) atoms. The fraction of sp³-hybridized carbons (Fsp3) is 0.389. The molecule has 1 fully saturated rings. The molecule has 0 spiro atoms. The van der Waals surface area contributed by atoms with E-state index in [1.165, 1.54) is 11.8 Å². The number of rotatable bonds is 5. The lowest BCUT2D eigenvalue weighted by molar-refractivity contribution is -0.129. The van der Waals surface area contributed by atoms with E-state index in [4.69, 9.17) is 4.74 Å². The normalized spacial score (nSPS) is 18.9. The van der Waals surface area contributed by atoms with Gasteiger partial charge in [-0.15, -0.1) is 11.8 Å². The second-order valence-corrected chi connectivity index (χ2v) is 8.17. The van der Waals surface area contributed by atoms with Crippen LogP contribution in [-0.2, 0) is 16.1 Å². The fourth-order valence-electron chi connectivity index (χ4n) is 2.59.